The van der Waals surface area contributed by atoms with E-state index in [1.54, 1.807) is 13.8 Å². The second kappa shape index (κ2) is 6.10. The summed E-state index contributed by atoms with van der Waals surface area (Å²) in [5.74, 6) is -1.52. The minimum absolute atomic E-state index is 0.0408. The average Bonchev–Trinajstić information content (AvgIpc) is 3.32. The quantitative estimate of drug-likeness (QED) is 0.781. The van der Waals surface area contributed by atoms with Gasteiger partial charge in [0.2, 0.25) is 0 Å². The van der Waals surface area contributed by atoms with Crippen LogP contribution in [0.25, 0.3) is 10.9 Å². The number of aromatic nitrogens is 1. The molecule has 6 heteroatoms. The molecule has 122 valence electrons. The second-order valence-electron chi connectivity index (χ2n) is 5.84. The Morgan fingerprint density at radius 3 is 2.74 bits per heavy atom. The molecule has 1 aromatic heterocycles. The molecule has 1 aliphatic carbocycles. The van der Waals surface area contributed by atoms with E-state index in [9.17, 15) is 13.6 Å². The first kappa shape index (κ1) is 15.6. The second-order valence-corrected chi connectivity index (χ2v) is 5.84. The molecule has 0 saturated heterocycles. The molecule has 1 heterocycles. The molecule has 3 rings (SSSR count). The summed E-state index contributed by atoms with van der Waals surface area (Å²) in [6.07, 6.45) is 2.21. The van der Waals surface area contributed by atoms with Gasteiger partial charge in [-0.2, -0.15) is 0 Å². The molecule has 0 bridgehead atoms. The lowest BCUT2D eigenvalue weighted by Crippen LogP contribution is -2.14. The first-order valence-corrected chi connectivity index (χ1v) is 7.57. The number of benzene rings is 1. The van der Waals surface area contributed by atoms with E-state index < -0.39 is 17.8 Å². The van der Waals surface area contributed by atoms with Gasteiger partial charge in [-0.1, -0.05) is 12.8 Å². The molecule has 0 spiro atoms. The van der Waals surface area contributed by atoms with E-state index in [2.05, 4.69) is 4.98 Å². The van der Waals surface area contributed by atoms with Crippen molar-refractivity contribution in [2.45, 2.75) is 33.1 Å². The van der Waals surface area contributed by atoms with E-state index >= 15 is 0 Å². The number of aryl methyl sites for hydroxylation is 1. The Morgan fingerprint density at radius 2 is 2.04 bits per heavy atom. The van der Waals surface area contributed by atoms with Gasteiger partial charge in [0.25, 0.3) is 0 Å². The van der Waals surface area contributed by atoms with Gasteiger partial charge in [-0.3, -0.25) is 4.98 Å². The van der Waals surface area contributed by atoms with Crippen LogP contribution in [-0.4, -0.2) is 17.7 Å². The van der Waals surface area contributed by atoms with Crippen LogP contribution >= 0.6 is 0 Å². The largest absolute Gasteiger partial charge is 0.513 e. The molecule has 0 N–H and O–H groups in total. The number of rotatable bonds is 4. The number of halogens is 2. The van der Waals surface area contributed by atoms with Gasteiger partial charge in [0.05, 0.1) is 17.5 Å². The third-order valence-corrected chi connectivity index (χ3v) is 4.10. The highest BCUT2D eigenvalue weighted by Crippen LogP contribution is 2.34. The number of pyridine rings is 1. The maximum absolute atomic E-state index is 14.1. The van der Waals surface area contributed by atoms with E-state index in [-0.39, 0.29) is 23.3 Å². The molecule has 0 radical (unpaired) electrons. The Morgan fingerprint density at radius 1 is 1.30 bits per heavy atom. The highest BCUT2D eigenvalue weighted by Gasteiger charge is 2.23. The van der Waals surface area contributed by atoms with Gasteiger partial charge in [-0.15, -0.1) is 0 Å². The lowest BCUT2D eigenvalue weighted by molar-refractivity contribution is 0.0968. The molecule has 4 nitrogen and oxygen atoms in total. The molecular formula is C17H17F2NO3. The zero-order valence-electron chi connectivity index (χ0n) is 13.0. The van der Waals surface area contributed by atoms with Crippen LogP contribution in [0.1, 0.15) is 30.5 Å². The summed E-state index contributed by atoms with van der Waals surface area (Å²) >= 11 is 0. The molecule has 0 amide bonds. The van der Waals surface area contributed by atoms with Crippen LogP contribution in [0.2, 0.25) is 0 Å². The van der Waals surface area contributed by atoms with Crippen molar-refractivity contribution < 1.29 is 23.0 Å². The normalized spacial score (nSPS) is 14.1. The Labute approximate surface area is 132 Å². The third kappa shape index (κ3) is 3.25. The van der Waals surface area contributed by atoms with E-state index in [0.29, 0.717) is 17.2 Å². The fourth-order valence-corrected chi connectivity index (χ4v) is 2.42. The summed E-state index contributed by atoms with van der Waals surface area (Å²) in [5, 5.41) is -0.146. The van der Waals surface area contributed by atoms with Crippen molar-refractivity contribution in [2.24, 2.45) is 5.92 Å². The molecule has 0 unspecified atom stereocenters. The summed E-state index contributed by atoms with van der Waals surface area (Å²) in [6, 6.07) is 2.35. The molecule has 2 aromatic rings. The number of hydrogen-bond acceptors (Lipinski definition) is 4. The van der Waals surface area contributed by atoms with Crippen LogP contribution in [0.3, 0.4) is 0 Å². The third-order valence-electron chi connectivity index (χ3n) is 4.10. The monoisotopic (exact) mass is 321 g/mol. The predicted molar refractivity (Wildman–Crippen MR) is 80.5 cm³/mol. The van der Waals surface area contributed by atoms with Crippen molar-refractivity contribution in [3.63, 3.8) is 0 Å². The molecule has 1 aromatic carbocycles. The highest BCUT2D eigenvalue weighted by molar-refractivity contribution is 5.89. The lowest BCUT2D eigenvalue weighted by Gasteiger charge is -2.13. The van der Waals surface area contributed by atoms with Gasteiger partial charge >= 0.3 is 6.16 Å². The summed E-state index contributed by atoms with van der Waals surface area (Å²) in [7, 11) is 0. The van der Waals surface area contributed by atoms with Crippen LogP contribution in [0.15, 0.2) is 12.1 Å². The number of nitrogens with zero attached hydrogens (tertiary/aromatic N) is 1. The van der Waals surface area contributed by atoms with E-state index in [1.165, 1.54) is 6.07 Å². The van der Waals surface area contributed by atoms with Crippen molar-refractivity contribution in [3.05, 3.63) is 35.0 Å². The van der Waals surface area contributed by atoms with Gasteiger partial charge in [0.15, 0.2) is 17.4 Å². The van der Waals surface area contributed by atoms with E-state index in [1.807, 2.05) is 0 Å². The fraction of sp³-hybridized carbons (Fsp3) is 0.412. The number of carbonyl (C=O) groups excluding carboxylic acids is 1. The summed E-state index contributed by atoms with van der Waals surface area (Å²) in [4.78, 5) is 16.0. The van der Waals surface area contributed by atoms with Crippen LogP contribution in [0, 0.1) is 31.4 Å². The Kier molecular flexibility index (Phi) is 4.15. The first-order chi connectivity index (χ1) is 11.0. The molecule has 0 aliphatic heterocycles. The van der Waals surface area contributed by atoms with Crippen molar-refractivity contribution in [1.82, 2.24) is 4.98 Å². The van der Waals surface area contributed by atoms with E-state index in [0.717, 1.165) is 25.3 Å². The topological polar surface area (TPSA) is 48.4 Å². The zero-order valence-corrected chi connectivity index (χ0v) is 13.0. The Bertz CT molecular complexity index is 772. The maximum Gasteiger partial charge on any atom is 0.513 e. The van der Waals surface area contributed by atoms with Crippen molar-refractivity contribution in [2.75, 3.05) is 6.61 Å². The molecule has 1 fully saturated rings. The van der Waals surface area contributed by atoms with Crippen LogP contribution in [-0.2, 0) is 4.74 Å². The number of carbonyl (C=O) groups is 1. The summed E-state index contributed by atoms with van der Waals surface area (Å²) in [6.45, 7) is 3.61. The van der Waals surface area contributed by atoms with Crippen molar-refractivity contribution >= 4 is 17.1 Å². The van der Waals surface area contributed by atoms with Gasteiger partial charge in [-0.25, -0.2) is 13.6 Å². The molecule has 0 atom stereocenters. The van der Waals surface area contributed by atoms with Crippen LogP contribution < -0.4 is 4.74 Å². The molecule has 23 heavy (non-hydrogen) atoms. The summed E-state index contributed by atoms with van der Waals surface area (Å²) in [5.41, 5.74) is 1.28. The molecule has 1 aliphatic rings. The van der Waals surface area contributed by atoms with E-state index in [4.69, 9.17) is 9.47 Å². The number of hydrogen-bond donors (Lipinski definition) is 0. The SMILES string of the molecule is Cc1nc2ccc(F)c(F)c2c(OC(=O)OCCC2CC2)c1C. The number of fused-ring (bicyclic) bond motifs is 1. The predicted octanol–water partition coefficient (Wildman–Crippen LogP) is 4.45. The van der Waals surface area contributed by atoms with Crippen molar-refractivity contribution in [1.29, 1.82) is 0 Å². The Hall–Kier alpha value is -2.24. The Balaban J connectivity index is 1.89. The maximum atomic E-state index is 14.1. The minimum Gasteiger partial charge on any atom is -0.434 e. The van der Waals surface area contributed by atoms with Gasteiger partial charge in [0.1, 0.15) is 0 Å². The smallest absolute Gasteiger partial charge is 0.434 e. The molecular weight excluding hydrogens is 304 g/mol. The molecule has 1 saturated carbocycles. The van der Waals surface area contributed by atoms with Crippen LogP contribution in [0.5, 0.6) is 5.75 Å². The minimum atomic E-state index is -1.08. The van der Waals surface area contributed by atoms with Gasteiger partial charge < -0.3 is 9.47 Å². The fourth-order valence-electron chi connectivity index (χ4n) is 2.42. The van der Waals surface area contributed by atoms with Crippen molar-refractivity contribution in [3.8, 4) is 5.75 Å². The summed E-state index contributed by atoms with van der Waals surface area (Å²) < 4.78 is 37.8. The average molecular weight is 321 g/mol. The van der Waals surface area contributed by atoms with Gasteiger partial charge in [0, 0.05) is 11.3 Å². The highest BCUT2D eigenvalue weighted by atomic mass is 19.2. The standard InChI is InChI=1S/C17H17F2NO3/c1-9-10(2)20-13-6-5-12(18)15(19)14(13)16(9)23-17(21)22-8-7-11-3-4-11/h5-6,11H,3-4,7-8H2,1-2H3. The number of ether oxygens (including phenoxy) is 2. The zero-order chi connectivity index (χ0) is 16.6. The first-order valence-electron chi connectivity index (χ1n) is 7.57. The van der Waals surface area contributed by atoms with Gasteiger partial charge in [-0.05, 0) is 38.3 Å². The van der Waals surface area contributed by atoms with Crippen LogP contribution in [0.4, 0.5) is 13.6 Å². The lowest BCUT2D eigenvalue weighted by atomic mass is 10.1.